The van der Waals surface area contributed by atoms with E-state index in [1.165, 1.54) is 11.6 Å². The minimum Gasteiger partial charge on any atom is -0.493 e. The number of hydrogen-bond donors (Lipinski definition) is 1. The number of nitrogens with two attached hydrogens (primary N) is 1. The second-order valence-electron chi connectivity index (χ2n) is 4.97. The lowest BCUT2D eigenvalue weighted by molar-refractivity contribution is 0.299. The summed E-state index contributed by atoms with van der Waals surface area (Å²) in [5, 5.41) is 0. The third kappa shape index (κ3) is 3.63. The molecule has 1 aromatic heterocycles. The molecule has 1 heterocycles. The van der Waals surface area contributed by atoms with Gasteiger partial charge in [-0.15, -0.1) is 0 Å². The van der Waals surface area contributed by atoms with Gasteiger partial charge < -0.3 is 15.0 Å². The Labute approximate surface area is 118 Å². The van der Waals surface area contributed by atoms with Gasteiger partial charge in [0.05, 0.1) is 6.61 Å². The summed E-state index contributed by atoms with van der Waals surface area (Å²) in [7, 11) is 0. The fourth-order valence-corrected chi connectivity index (χ4v) is 2.00. The normalized spacial score (nSPS) is 10.5. The van der Waals surface area contributed by atoms with Crippen molar-refractivity contribution in [2.75, 3.05) is 12.3 Å². The van der Waals surface area contributed by atoms with Crippen molar-refractivity contribution >= 4 is 5.69 Å². The van der Waals surface area contributed by atoms with E-state index < -0.39 is 0 Å². The summed E-state index contributed by atoms with van der Waals surface area (Å²) in [5.74, 6) is 0.907. The first-order valence-electron chi connectivity index (χ1n) is 6.72. The van der Waals surface area contributed by atoms with Crippen LogP contribution in [0.15, 0.2) is 41.3 Å². The van der Waals surface area contributed by atoms with Gasteiger partial charge in [0.15, 0.2) is 0 Å². The Bertz CT molecular complexity index is 647. The molecule has 0 saturated heterocycles. The molecule has 0 spiro atoms. The first kappa shape index (κ1) is 14.2. The highest BCUT2D eigenvalue weighted by Gasteiger charge is 2.01. The molecule has 0 amide bonds. The van der Waals surface area contributed by atoms with E-state index in [0.29, 0.717) is 18.8 Å². The van der Waals surface area contributed by atoms with Crippen LogP contribution in [0.5, 0.6) is 5.75 Å². The third-order valence-electron chi connectivity index (χ3n) is 3.15. The highest BCUT2D eigenvalue weighted by atomic mass is 16.5. The Morgan fingerprint density at radius 3 is 2.80 bits per heavy atom. The monoisotopic (exact) mass is 272 g/mol. The molecule has 0 fully saturated rings. The lowest BCUT2D eigenvalue weighted by Crippen LogP contribution is -2.20. The zero-order valence-electron chi connectivity index (χ0n) is 11.9. The van der Waals surface area contributed by atoms with Crippen molar-refractivity contribution in [2.24, 2.45) is 0 Å². The first-order valence-corrected chi connectivity index (χ1v) is 6.72. The van der Waals surface area contributed by atoms with E-state index in [0.717, 1.165) is 17.7 Å². The first-order chi connectivity index (χ1) is 9.56. The molecule has 0 unspecified atom stereocenters. The second kappa shape index (κ2) is 6.28. The van der Waals surface area contributed by atoms with Crippen molar-refractivity contribution in [3.63, 3.8) is 0 Å². The van der Waals surface area contributed by atoms with Crippen molar-refractivity contribution in [3.05, 3.63) is 58.0 Å². The molecule has 0 aliphatic heterocycles. The lowest BCUT2D eigenvalue weighted by Gasteiger charge is -2.11. The van der Waals surface area contributed by atoms with Gasteiger partial charge in [-0.3, -0.25) is 4.79 Å². The van der Waals surface area contributed by atoms with Crippen molar-refractivity contribution in [1.82, 2.24) is 4.57 Å². The van der Waals surface area contributed by atoms with Crippen molar-refractivity contribution in [3.8, 4) is 5.75 Å². The molecule has 0 bridgehead atoms. The molecule has 0 aliphatic carbocycles. The number of anilines is 1. The maximum Gasteiger partial charge on any atom is 0.250 e. The van der Waals surface area contributed by atoms with Gasteiger partial charge in [-0.25, -0.2) is 0 Å². The molecular weight excluding hydrogens is 252 g/mol. The van der Waals surface area contributed by atoms with Gasteiger partial charge in [0, 0.05) is 24.5 Å². The van der Waals surface area contributed by atoms with Crippen LogP contribution >= 0.6 is 0 Å². The van der Waals surface area contributed by atoms with Crippen LogP contribution in [0.1, 0.15) is 17.5 Å². The van der Waals surface area contributed by atoms with Crippen LogP contribution in [0.4, 0.5) is 5.69 Å². The van der Waals surface area contributed by atoms with Crippen LogP contribution in [0.2, 0.25) is 0 Å². The predicted molar refractivity (Wildman–Crippen MR) is 81.1 cm³/mol. The molecule has 1 aromatic carbocycles. The van der Waals surface area contributed by atoms with E-state index in [-0.39, 0.29) is 5.56 Å². The van der Waals surface area contributed by atoms with Crippen LogP contribution in [0.3, 0.4) is 0 Å². The van der Waals surface area contributed by atoms with Gasteiger partial charge in [0.25, 0.3) is 5.56 Å². The summed E-state index contributed by atoms with van der Waals surface area (Å²) in [6.45, 7) is 5.25. The Morgan fingerprint density at radius 1 is 1.20 bits per heavy atom. The Morgan fingerprint density at radius 2 is 2.00 bits per heavy atom. The van der Waals surface area contributed by atoms with E-state index in [2.05, 4.69) is 6.07 Å². The Hall–Kier alpha value is -2.23. The largest absolute Gasteiger partial charge is 0.493 e. The highest BCUT2D eigenvalue weighted by molar-refractivity contribution is 5.36. The van der Waals surface area contributed by atoms with Crippen molar-refractivity contribution in [1.29, 1.82) is 0 Å². The standard InChI is InChI=1S/C16H20N2O2/c1-12-4-5-13(2)15(10-12)20-9-3-8-18-11-14(17)6-7-16(18)19/h4-7,10-11H,3,8-9,17H2,1-2H3. The van der Waals surface area contributed by atoms with Gasteiger partial charge >= 0.3 is 0 Å². The van der Waals surface area contributed by atoms with E-state index >= 15 is 0 Å². The Balaban J connectivity index is 1.89. The van der Waals surface area contributed by atoms with Crippen molar-refractivity contribution in [2.45, 2.75) is 26.8 Å². The summed E-state index contributed by atoms with van der Waals surface area (Å²) in [6, 6.07) is 9.25. The van der Waals surface area contributed by atoms with Gasteiger partial charge in [0.1, 0.15) is 5.75 Å². The number of hydrogen-bond acceptors (Lipinski definition) is 3. The van der Waals surface area contributed by atoms with Crippen LogP contribution in [-0.4, -0.2) is 11.2 Å². The summed E-state index contributed by atoms with van der Waals surface area (Å²) in [4.78, 5) is 11.6. The van der Waals surface area contributed by atoms with Crippen LogP contribution in [0.25, 0.3) is 0 Å². The average Bonchev–Trinajstić information content (AvgIpc) is 2.42. The lowest BCUT2D eigenvalue weighted by atomic mass is 10.1. The van der Waals surface area contributed by atoms with Gasteiger partial charge in [-0.05, 0) is 43.5 Å². The number of ether oxygens (including phenoxy) is 1. The number of rotatable bonds is 5. The second-order valence-corrected chi connectivity index (χ2v) is 4.97. The van der Waals surface area contributed by atoms with E-state index in [4.69, 9.17) is 10.5 Å². The van der Waals surface area contributed by atoms with Gasteiger partial charge in [-0.2, -0.15) is 0 Å². The molecule has 106 valence electrons. The fourth-order valence-electron chi connectivity index (χ4n) is 2.00. The number of nitrogens with zero attached hydrogens (tertiary/aromatic N) is 1. The third-order valence-corrected chi connectivity index (χ3v) is 3.15. The molecule has 2 rings (SSSR count). The Kier molecular flexibility index (Phi) is 4.45. The maximum atomic E-state index is 11.6. The number of aromatic nitrogens is 1. The molecule has 20 heavy (non-hydrogen) atoms. The molecule has 0 aliphatic rings. The molecule has 0 saturated carbocycles. The summed E-state index contributed by atoms with van der Waals surface area (Å²) in [6.07, 6.45) is 2.43. The molecule has 4 nitrogen and oxygen atoms in total. The number of aryl methyl sites for hydroxylation is 3. The van der Waals surface area contributed by atoms with E-state index in [1.807, 2.05) is 26.0 Å². The number of nitrogen functional groups attached to an aromatic ring is 1. The van der Waals surface area contributed by atoms with Gasteiger partial charge in [0.2, 0.25) is 0 Å². The van der Waals surface area contributed by atoms with Crippen LogP contribution < -0.4 is 16.0 Å². The maximum absolute atomic E-state index is 11.6. The fraction of sp³-hybridized carbons (Fsp3) is 0.312. The minimum absolute atomic E-state index is 0.0362. The SMILES string of the molecule is Cc1ccc(C)c(OCCCn2cc(N)ccc2=O)c1. The summed E-state index contributed by atoms with van der Waals surface area (Å²) >= 11 is 0. The predicted octanol–water partition coefficient (Wildman–Crippen LogP) is 2.52. The van der Waals surface area contributed by atoms with Gasteiger partial charge in [-0.1, -0.05) is 12.1 Å². The minimum atomic E-state index is -0.0362. The molecular formula is C16H20N2O2. The molecule has 0 radical (unpaired) electrons. The van der Waals surface area contributed by atoms with Crippen LogP contribution in [-0.2, 0) is 6.54 Å². The average molecular weight is 272 g/mol. The zero-order chi connectivity index (χ0) is 14.5. The molecule has 4 heteroatoms. The van der Waals surface area contributed by atoms with E-state index in [9.17, 15) is 4.79 Å². The number of benzene rings is 1. The summed E-state index contributed by atoms with van der Waals surface area (Å²) in [5.41, 5.74) is 8.53. The molecule has 2 N–H and O–H groups in total. The highest BCUT2D eigenvalue weighted by Crippen LogP contribution is 2.19. The zero-order valence-corrected chi connectivity index (χ0v) is 11.9. The number of pyridine rings is 1. The quantitative estimate of drug-likeness (QED) is 0.851. The van der Waals surface area contributed by atoms with E-state index in [1.54, 1.807) is 16.8 Å². The summed E-state index contributed by atoms with van der Waals surface area (Å²) < 4.78 is 7.38. The smallest absolute Gasteiger partial charge is 0.250 e. The topological polar surface area (TPSA) is 57.2 Å². The molecule has 2 aromatic rings. The molecule has 0 atom stereocenters. The van der Waals surface area contributed by atoms with Crippen LogP contribution in [0, 0.1) is 13.8 Å². The van der Waals surface area contributed by atoms with Crippen molar-refractivity contribution < 1.29 is 4.74 Å².